The molecule has 1 aliphatic rings. The van der Waals surface area contributed by atoms with E-state index in [1.807, 2.05) is 12.1 Å². The van der Waals surface area contributed by atoms with Gasteiger partial charge >= 0.3 is 0 Å². The summed E-state index contributed by atoms with van der Waals surface area (Å²) >= 11 is 0. The molecule has 0 bridgehead atoms. The summed E-state index contributed by atoms with van der Waals surface area (Å²) in [5.41, 5.74) is 4.94. The highest BCUT2D eigenvalue weighted by atomic mass is 16.2. The summed E-state index contributed by atoms with van der Waals surface area (Å²) in [4.78, 5) is 16.8. The van der Waals surface area contributed by atoms with Crippen LogP contribution >= 0.6 is 0 Å². The van der Waals surface area contributed by atoms with E-state index in [-0.39, 0.29) is 5.91 Å². The second-order valence-electron chi connectivity index (χ2n) is 6.87. The molecule has 3 rings (SSSR count). The number of carbonyl (C=O) groups excluding carboxylic acids is 1. The minimum atomic E-state index is 0.102. The Morgan fingerprint density at radius 3 is 2.32 bits per heavy atom. The van der Waals surface area contributed by atoms with Gasteiger partial charge in [-0.1, -0.05) is 42.0 Å². The van der Waals surface area contributed by atoms with E-state index in [4.69, 9.17) is 0 Å². The van der Waals surface area contributed by atoms with Crippen LogP contribution in [0.1, 0.15) is 16.7 Å². The zero-order valence-electron chi connectivity index (χ0n) is 15.2. The molecule has 0 radical (unpaired) electrons. The molecule has 1 saturated heterocycles. The fourth-order valence-corrected chi connectivity index (χ4v) is 3.27. The van der Waals surface area contributed by atoms with Crippen molar-refractivity contribution >= 4 is 11.6 Å². The molecule has 0 unspecified atom stereocenters. The van der Waals surface area contributed by atoms with Crippen LogP contribution in [0.4, 0.5) is 5.69 Å². The predicted octanol–water partition coefficient (Wildman–Crippen LogP) is 2.74. The molecule has 25 heavy (non-hydrogen) atoms. The Labute approximate surface area is 150 Å². The maximum Gasteiger partial charge on any atom is 0.234 e. The van der Waals surface area contributed by atoms with Crippen LogP contribution in [-0.4, -0.2) is 43.5 Å². The number of nitrogens with zero attached hydrogens (tertiary/aromatic N) is 2. The monoisotopic (exact) mass is 337 g/mol. The lowest BCUT2D eigenvalue weighted by Crippen LogP contribution is -2.49. The third-order valence-electron chi connectivity index (χ3n) is 4.68. The zero-order valence-corrected chi connectivity index (χ0v) is 15.2. The summed E-state index contributed by atoms with van der Waals surface area (Å²) in [7, 11) is 0. The molecular weight excluding hydrogens is 310 g/mol. The minimum absolute atomic E-state index is 0.102. The van der Waals surface area contributed by atoms with Crippen molar-refractivity contribution in [3.05, 3.63) is 65.2 Å². The highest BCUT2D eigenvalue weighted by Gasteiger charge is 2.19. The van der Waals surface area contributed by atoms with Crippen LogP contribution in [0.5, 0.6) is 0 Å². The van der Waals surface area contributed by atoms with Gasteiger partial charge in [0.2, 0.25) is 5.91 Å². The van der Waals surface area contributed by atoms with Crippen molar-refractivity contribution < 1.29 is 4.79 Å². The lowest BCUT2D eigenvalue weighted by molar-refractivity contribution is -0.122. The molecule has 0 aromatic heterocycles. The van der Waals surface area contributed by atoms with Crippen LogP contribution in [0.3, 0.4) is 0 Å². The number of aryl methyl sites for hydroxylation is 2. The minimum Gasteiger partial charge on any atom is -0.369 e. The van der Waals surface area contributed by atoms with Gasteiger partial charge in [-0.2, -0.15) is 0 Å². The van der Waals surface area contributed by atoms with E-state index in [0.717, 1.165) is 31.7 Å². The molecule has 4 heteroatoms. The molecule has 4 nitrogen and oxygen atoms in total. The normalized spacial score (nSPS) is 15.2. The summed E-state index contributed by atoms with van der Waals surface area (Å²) in [5, 5.41) is 3.03. The van der Waals surface area contributed by atoms with Crippen LogP contribution in [-0.2, 0) is 11.3 Å². The molecule has 1 aliphatic heterocycles. The number of piperazine rings is 1. The van der Waals surface area contributed by atoms with Gasteiger partial charge in [0.1, 0.15) is 0 Å². The van der Waals surface area contributed by atoms with Crippen LogP contribution < -0.4 is 10.2 Å². The van der Waals surface area contributed by atoms with Gasteiger partial charge in [-0.3, -0.25) is 9.69 Å². The van der Waals surface area contributed by atoms with Crippen molar-refractivity contribution in [1.29, 1.82) is 0 Å². The Hall–Kier alpha value is -2.33. The third kappa shape index (κ3) is 5.07. The second-order valence-corrected chi connectivity index (χ2v) is 6.87. The molecule has 2 aromatic carbocycles. The Balaban J connectivity index is 1.43. The summed E-state index contributed by atoms with van der Waals surface area (Å²) in [6, 6.07) is 16.9. The zero-order chi connectivity index (χ0) is 17.6. The van der Waals surface area contributed by atoms with E-state index >= 15 is 0 Å². The largest absolute Gasteiger partial charge is 0.369 e. The molecule has 1 heterocycles. The van der Waals surface area contributed by atoms with Gasteiger partial charge in [0.25, 0.3) is 0 Å². The Morgan fingerprint density at radius 1 is 0.960 bits per heavy atom. The van der Waals surface area contributed by atoms with Crippen molar-refractivity contribution in [3.8, 4) is 0 Å². The Kier molecular flexibility index (Phi) is 5.71. The molecule has 0 aliphatic carbocycles. The number of hydrogen-bond acceptors (Lipinski definition) is 3. The van der Waals surface area contributed by atoms with Gasteiger partial charge in [0.05, 0.1) is 6.54 Å². The highest BCUT2D eigenvalue weighted by Crippen LogP contribution is 2.17. The molecule has 2 aromatic rings. The van der Waals surface area contributed by atoms with Crippen LogP contribution in [0.15, 0.2) is 48.5 Å². The first-order valence-electron chi connectivity index (χ1n) is 8.96. The van der Waals surface area contributed by atoms with E-state index in [1.54, 1.807) is 0 Å². The first kappa shape index (κ1) is 17.5. The van der Waals surface area contributed by atoms with Gasteiger partial charge in [0.15, 0.2) is 0 Å². The molecular formula is C21H27N3O. The van der Waals surface area contributed by atoms with Crippen molar-refractivity contribution in [2.45, 2.75) is 20.4 Å². The average molecular weight is 337 g/mol. The van der Waals surface area contributed by atoms with Gasteiger partial charge in [-0.05, 0) is 37.1 Å². The topological polar surface area (TPSA) is 35.6 Å². The van der Waals surface area contributed by atoms with E-state index < -0.39 is 0 Å². The SMILES string of the molecule is Cc1cccc(CNC(=O)CN2CCN(c3cccc(C)c3)CC2)c1. The van der Waals surface area contributed by atoms with Crippen LogP contribution in [0, 0.1) is 13.8 Å². The lowest BCUT2D eigenvalue weighted by Gasteiger charge is -2.35. The van der Waals surface area contributed by atoms with Crippen LogP contribution in [0.25, 0.3) is 0 Å². The van der Waals surface area contributed by atoms with Gasteiger partial charge in [-0.15, -0.1) is 0 Å². The molecule has 1 fully saturated rings. The maximum absolute atomic E-state index is 12.2. The summed E-state index contributed by atoms with van der Waals surface area (Å²) < 4.78 is 0. The number of rotatable bonds is 5. The summed E-state index contributed by atoms with van der Waals surface area (Å²) in [6.07, 6.45) is 0. The first-order valence-corrected chi connectivity index (χ1v) is 8.96. The van der Waals surface area contributed by atoms with E-state index in [1.165, 1.54) is 16.8 Å². The number of benzene rings is 2. The molecule has 0 saturated carbocycles. The maximum atomic E-state index is 12.2. The quantitative estimate of drug-likeness (QED) is 0.911. The van der Waals surface area contributed by atoms with Gasteiger partial charge in [0, 0.05) is 38.4 Å². The predicted molar refractivity (Wildman–Crippen MR) is 103 cm³/mol. The first-order chi connectivity index (χ1) is 12.1. The van der Waals surface area contributed by atoms with E-state index in [2.05, 4.69) is 65.4 Å². The molecule has 1 N–H and O–H groups in total. The molecule has 1 amide bonds. The third-order valence-corrected chi connectivity index (χ3v) is 4.68. The van der Waals surface area contributed by atoms with Crippen molar-refractivity contribution in [1.82, 2.24) is 10.2 Å². The van der Waals surface area contributed by atoms with Gasteiger partial charge < -0.3 is 10.2 Å². The standard InChI is InChI=1S/C21H27N3O/c1-17-5-3-7-19(13-17)15-22-21(25)16-23-9-11-24(12-10-23)20-8-4-6-18(2)14-20/h3-8,13-14H,9-12,15-16H2,1-2H3,(H,22,25). The number of hydrogen-bond donors (Lipinski definition) is 1. The summed E-state index contributed by atoms with van der Waals surface area (Å²) in [5.74, 6) is 0.102. The van der Waals surface area contributed by atoms with E-state index in [9.17, 15) is 4.79 Å². The highest BCUT2D eigenvalue weighted by molar-refractivity contribution is 5.78. The number of carbonyl (C=O) groups is 1. The molecule has 0 spiro atoms. The van der Waals surface area contributed by atoms with E-state index in [0.29, 0.717) is 13.1 Å². The van der Waals surface area contributed by atoms with Crippen molar-refractivity contribution in [2.75, 3.05) is 37.6 Å². The lowest BCUT2D eigenvalue weighted by atomic mass is 10.1. The number of nitrogens with one attached hydrogen (secondary N) is 1. The average Bonchev–Trinajstić information content (AvgIpc) is 2.61. The number of amides is 1. The fourth-order valence-electron chi connectivity index (χ4n) is 3.27. The van der Waals surface area contributed by atoms with Crippen LogP contribution in [0.2, 0.25) is 0 Å². The number of anilines is 1. The Bertz CT molecular complexity index is 721. The fraction of sp³-hybridized carbons (Fsp3) is 0.381. The van der Waals surface area contributed by atoms with Gasteiger partial charge in [-0.25, -0.2) is 0 Å². The molecule has 0 atom stereocenters. The summed E-state index contributed by atoms with van der Waals surface area (Å²) in [6.45, 7) is 9.05. The molecule has 132 valence electrons. The Morgan fingerprint density at radius 2 is 1.64 bits per heavy atom. The van der Waals surface area contributed by atoms with Crippen molar-refractivity contribution in [3.63, 3.8) is 0 Å². The second kappa shape index (κ2) is 8.17. The van der Waals surface area contributed by atoms with Crippen molar-refractivity contribution in [2.24, 2.45) is 0 Å². The smallest absolute Gasteiger partial charge is 0.234 e.